The minimum atomic E-state index is -4.02. The molecule has 0 spiro atoms. The van der Waals surface area contributed by atoms with E-state index < -0.39 is 10.1 Å². The van der Waals surface area contributed by atoms with Gasteiger partial charge in [0.2, 0.25) is 12.7 Å². The molecule has 0 saturated carbocycles. The molecular formula is C25H29N3O6S. The summed E-state index contributed by atoms with van der Waals surface area (Å²) in [6, 6.07) is 13.9. The Balaban J connectivity index is 0.000000221. The van der Waals surface area contributed by atoms with E-state index in [0.717, 1.165) is 49.3 Å². The first-order valence-electron chi connectivity index (χ1n) is 11.6. The molecule has 0 aromatic heterocycles. The first-order valence-corrected chi connectivity index (χ1v) is 13.0. The molecule has 2 aromatic carbocycles. The molecule has 2 unspecified atom stereocenters. The number of aryl methyl sites for hydroxylation is 1. The fourth-order valence-corrected chi connectivity index (χ4v) is 5.11. The zero-order chi connectivity index (χ0) is 25.0. The van der Waals surface area contributed by atoms with Gasteiger partial charge in [0.1, 0.15) is 6.04 Å². The van der Waals surface area contributed by atoms with Crippen molar-refractivity contribution < 1.29 is 27.2 Å². The third-order valence-electron chi connectivity index (χ3n) is 6.49. The summed E-state index contributed by atoms with van der Waals surface area (Å²) in [5.74, 6) is 2.11. The van der Waals surface area contributed by atoms with Gasteiger partial charge in [-0.2, -0.15) is 13.7 Å². The monoisotopic (exact) mass is 499 g/mol. The van der Waals surface area contributed by atoms with Gasteiger partial charge in [-0.1, -0.05) is 23.8 Å². The van der Waals surface area contributed by atoms with E-state index in [9.17, 15) is 13.2 Å². The van der Waals surface area contributed by atoms with Gasteiger partial charge in [-0.15, -0.1) is 0 Å². The molecule has 35 heavy (non-hydrogen) atoms. The Morgan fingerprint density at radius 2 is 1.94 bits per heavy atom. The summed E-state index contributed by atoms with van der Waals surface area (Å²) < 4.78 is 40.3. The SMILES string of the molecule is Cc1ccc(S(=O)(=O)O)cc1.N#C[C@@H]1CCCN1C(=O)C1CC(Cc2ccc3c(c2)OCO3)CN1. The number of likely N-dealkylation sites (tertiary alicyclic amines) is 1. The predicted octanol–water partition coefficient (Wildman–Crippen LogP) is 2.69. The highest BCUT2D eigenvalue weighted by atomic mass is 32.2. The fourth-order valence-electron chi connectivity index (χ4n) is 4.63. The minimum absolute atomic E-state index is 0.0666. The average molecular weight is 500 g/mol. The van der Waals surface area contributed by atoms with Gasteiger partial charge in [0.05, 0.1) is 17.0 Å². The van der Waals surface area contributed by atoms with Crippen molar-refractivity contribution in [3.05, 3.63) is 53.6 Å². The maximum atomic E-state index is 12.6. The van der Waals surface area contributed by atoms with Gasteiger partial charge in [0, 0.05) is 6.54 Å². The fraction of sp³-hybridized carbons (Fsp3) is 0.440. The highest BCUT2D eigenvalue weighted by Crippen LogP contribution is 2.34. The second-order valence-corrected chi connectivity index (χ2v) is 10.5. The van der Waals surface area contributed by atoms with Crippen LogP contribution < -0.4 is 14.8 Å². The second kappa shape index (κ2) is 10.6. The number of carbonyl (C=O) groups excluding carboxylic acids is 1. The van der Waals surface area contributed by atoms with Crippen LogP contribution in [0.4, 0.5) is 0 Å². The first-order chi connectivity index (χ1) is 16.7. The number of hydrogen-bond acceptors (Lipinski definition) is 7. The topological polar surface area (TPSA) is 129 Å². The number of nitriles is 1. The third kappa shape index (κ3) is 6.11. The van der Waals surface area contributed by atoms with Crippen LogP contribution in [0.15, 0.2) is 47.4 Å². The molecule has 0 bridgehead atoms. The van der Waals surface area contributed by atoms with Crippen molar-refractivity contribution >= 4 is 16.0 Å². The van der Waals surface area contributed by atoms with E-state index in [0.29, 0.717) is 12.5 Å². The average Bonchev–Trinajstić information content (AvgIpc) is 3.59. The number of fused-ring (bicyclic) bond motifs is 1. The maximum absolute atomic E-state index is 12.6. The summed E-state index contributed by atoms with van der Waals surface area (Å²) in [7, 11) is -4.02. The lowest BCUT2D eigenvalue weighted by Gasteiger charge is -2.23. The highest BCUT2D eigenvalue weighted by Gasteiger charge is 2.37. The Kier molecular flexibility index (Phi) is 7.60. The van der Waals surface area contributed by atoms with Crippen LogP contribution in [0.2, 0.25) is 0 Å². The molecule has 3 aliphatic rings. The molecule has 3 heterocycles. The summed E-state index contributed by atoms with van der Waals surface area (Å²) in [5.41, 5.74) is 2.16. The van der Waals surface area contributed by atoms with Crippen molar-refractivity contribution in [1.82, 2.24) is 10.2 Å². The van der Waals surface area contributed by atoms with Crippen LogP contribution in [0.25, 0.3) is 0 Å². The molecule has 2 fully saturated rings. The van der Waals surface area contributed by atoms with Gasteiger partial charge in [-0.05, 0) is 74.9 Å². The molecule has 5 rings (SSSR count). The molecule has 9 nitrogen and oxygen atoms in total. The van der Waals surface area contributed by atoms with E-state index in [1.165, 1.54) is 17.7 Å². The van der Waals surface area contributed by atoms with Crippen LogP contribution in [0.5, 0.6) is 11.5 Å². The smallest absolute Gasteiger partial charge is 0.294 e. The summed E-state index contributed by atoms with van der Waals surface area (Å²) in [6.07, 6.45) is 3.46. The molecular weight excluding hydrogens is 470 g/mol. The van der Waals surface area contributed by atoms with Crippen LogP contribution in [0.1, 0.15) is 30.4 Å². The van der Waals surface area contributed by atoms with E-state index in [4.69, 9.17) is 19.3 Å². The van der Waals surface area contributed by atoms with Gasteiger partial charge < -0.3 is 19.7 Å². The Hall–Kier alpha value is -3.13. The number of nitrogens with one attached hydrogen (secondary N) is 1. The Morgan fingerprint density at radius 1 is 1.20 bits per heavy atom. The lowest BCUT2D eigenvalue weighted by atomic mass is 9.96. The normalized spacial score (nSPS) is 22.9. The van der Waals surface area contributed by atoms with Gasteiger partial charge in [0.15, 0.2) is 11.5 Å². The third-order valence-corrected chi connectivity index (χ3v) is 7.35. The second-order valence-electron chi connectivity index (χ2n) is 9.06. The summed E-state index contributed by atoms with van der Waals surface area (Å²) in [6.45, 7) is 3.67. The number of nitrogens with zero attached hydrogens (tertiary/aromatic N) is 2. The molecule has 0 radical (unpaired) electrons. The van der Waals surface area contributed by atoms with Crippen LogP contribution in [-0.2, 0) is 21.3 Å². The summed E-state index contributed by atoms with van der Waals surface area (Å²) in [4.78, 5) is 14.3. The molecule has 2 aromatic rings. The predicted molar refractivity (Wildman–Crippen MR) is 128 cm³/mol. The Morgan fingerprint density at radius 3 is 2.66 bits per heavy atom. The summed E-state index contributed by atoms with van der Waals surface area (Å²) in [5, 5.41) is 12.5. The van der Waals surface area contributed by atoms with Crippen molar-refractivity contribution in [2.75, 3.05) is 19.9 Å². The molecule has 2 saturated heterocycles. The number of ether oxygens (including phenoxy) is 2. The Labute approximate surface area is 205 Å². The van der Waals surface area contributed by atoms with E-state index in [2.05, 4.69) is 17.5 Å². The number of amides is 1. The molecule has 0 aliphatic carbocycles. The van der Waals surface area contributed by atoms with Crippen molar-refractivity contribution in [3.63, 3.8) is 0 Å². The zero-order valence-electron chi connectivity index (χ0n) is 19.5. The quantitative estimate of drug-likeness (QED) is 0.615. The first kappa shape index (κ1) is 25.0. The van der Waals surface area contributed by atoms with Crippen molar-refractivity contribution in [2.45, 2.75) is 49.6 Å². The van der Waals surface area contributed by atoms with E-state index in [1.54, 1.807) is 17.0 Å². The van der Waals surface area contributed by atoms with Gasteiger partial charge in [-0.3, -0.25) is 9.35 Å². The molecule has 10 heteroatoms. The Bertz CT molecular complexity index is 1210. The maximum Gasteiger partial charge on any atom is 0.294 e. The van der Waals surface area contributed by atoms with Crippen molar-refractivity contribution in [1.29, 1.82) is 5.26 Å². The molecule has 1 amide bonds. The largest absolute Gasteiger partial charge is 0.454 e. The zero-order valence-corrected chi connectivity index (χ0v) is 20.3. The van der Waals surface area contributed by atoms with Crippen molar-refractivity contribution in [3.8, 4) is 17.6 Å². The van der Waals surface area contributed by atoms with Gasteiger partial charge in [-0.25, -0.2) is 0 Å². The van der Waals surface area contributed by atoms with Gasteiger partial charge in [0.25, 0.3) is 10.1 Å². The van der Waals surface area contributed by atoms with Crippen LogP contribution in [0, 0.1) is 24.2 Å². The standard InChI is InChI=1S/C18H21N3O3.C7H8O3S/c19-9-14-2-1-5-21(14)18(22)15-7-13(10-20-15)6-12-3-4-16-17(8-12)24-11-23-16;1-6-2-4-7(5-3-6)11(8,9)10/h3-4,8,13-15,20H,1-2,5-7,10-11H2;2-5H,1H3,(H,8,9,10)/t13?,14-,15?;/m0./s1. The number of carbonyl (C=O) groups is 1. The van der Waals surface area contributed by atoms with E-state index >= 15 is 0 Å². The van der Waals surface area contributed by atoms with Crippen LogP contribution in [-0.4, -0.2) is 55.7 Å². The number of benzene rings is 2. The van der Waals surface area contributed by atoms with E-state index in [1.807, 2.05) is 19.1 Å². The number of hydrogen-bond donors (Lipinski definition) is 2. The van der Waals surface area contributed by atoms with E-state index in [-0.39, 0.29) is 29.7 Å². The molecule has 2 N–H and O–H groups in total. The van der Waals surface area contributed by atoms with Gasteiger partial charge >= 0.3 is 0 Å². The molecule has 3 aliphatic heterocycles. The van der Waals surface area contributed by atoms with Crippen LogP contribution >= 0.6 is 0 Å². The molecule has 186 valence electrons. The number of rotatable bonds is 4. The van der Waals surface area contributed by atoms with Crippen LogP contribution in [0.3, 0.4) is 0 Å². The minimum Gasteiger partial charge on any atom is -0.454 e. The van der Waals surface area contributed by atoms with Crippen molar-refractivity contribution in [2.24, 2.45) is 5.92 Å². The lowest BCUT2D eigenvalue weighted by Crippen LogP contribution is -2.45. The molecule has 3 atom stereocenters. The summed E-state index contributed by atoms with van der Waals surface area (Å²) >= 11 is 0. The highest BCUT2D eigenvalue weighted by molar-refractivity contribution is 7.85. The lowest BCUT2D eigenvalue weighted by molar-refractivity contribution is -0.133.